The number of hydrogen-bond acceptors (Lipinski definition) is 3. The Kier molecular flexibility index (Phi) is 4.30. The highest BCUT2D eigenvalue weighted by Crippen LogP contribution is 2.25. The summed E-state index contributed by atoms with van der Waals surface area (Å²) in [5.74, 6) is -3.96. The Morgan fingerprint density at radius 2 is 1.76 bits per heavy atom. The van der Waals surface area contributed by atoms with Crippen molar-refractivity contribution < 1.29 is 22.0 Å². The van der Waals surface area contributed by atoms with Crippen molar-refractivity contribution in [2.75, 3.05) is 5.32 Å². The van der Waals surface area contributed by atoms with E-state index < -0.39 is 26.4 Å². The molecule has 0 aliphatic carbocycles. The highest BCUT2D eigenvalue weighted by atomic mass is 32.2. The monoisotopic (exact) mass is 364 g/mol. The van der Waals surface area contributed by atoms with Crippen LogP contribution in [0.25, 0.3) is 10.9 Å². The van der Waals surface area contributed by atoms with E-state index in [0.29, 0.717) is 5.69 Å². The summed E-state index contributed by atoms with van der Waals surface area (Å²) in [6, 6.07) is 11.7. The first-order valence-electron chi connectivity index (χ1n) is 7.28. The van der Waals surface area contributed by atoms with E-state index in [1.54, 1.807) is 12.1 Å². The summed E-state index contributed by atoms with van der Waals surface area (Å²) in [6.45, 7) is 0. The zero-order valence-electron chi connectivity index (χ0n) is 13.1. The average molecular weight is 364 g/mol. The number of hydrogen-bond donors (Lipinski definition) is 1. The van der Waals surface area contributed by atoms with Crippen molar-refractivity contribution in [2.24, 2.45) is 7.05 Å². The van der Waals surface area contributed by atoms with Crippen LogP contribution in [0.2, 0.25) is 0 Å². The van der Waals surface area contributed by atoms with E-state index in [1.807, 2.05) is 29.9 Å². The molecule has 0 unspecified atom stereocenters. The maximum Gasteiger partial charge on any atom is 0.341 e. The first kappa shape index (κ1) is 17.1. The zero-order valence-corrected chi connectivity index (χ0v) is 13.9. The number of nitrogens with one attached hydrogen (secondary N) is 1. The van der Waals surface area contributed by atoms with Gasteiger partial charge in [-0.15, -0.1) is 0 Å². The molecule has 0 fully saturated rings. The molecule has 0 saturated carbocycles. The van der Waals surface area contributed by atoms with E-state index in [9.17, 15) is 22.0 Å². The maximum atomic E-state index is 12.5. The van der Waals surface area contributed by atoms with Crippen LogP contribution in [0.1, 0.15) is 10.4 Å². The van der Waals surface area contributed by atoms with Crippen molar-refractivity contribution in [3.8, 4) is 0 Å². The molecule has 0 saturated heterocycles. The molecule has 0 atom stereocenters. The number of benzene rings is 2. The highest BCUT2D eigenvalue weighted by molar-refractivity contribution is 7.91. The van der Waals surface area contributed by atoms with Crippen LogP contribution in [-0.2, 0) is 16.9 Å². The molecule has 0 bridgehead atoms. The third-order valence-electron chi connectivity index (χ3n) is 3.86. The number of anilines is 1. The lowest BCUT2D eigenvalue weighted by atomic mass is 10.2. The summed E-state index contributed by atoms with van der Waals surface area (Å²) < 4.78 is 49.8. The van der Waals surface area contributed by atoms with Gasteiger partial charge in [-0.05, 0) is 42.5 Å². The number of amides is 1. The zero-order chi connectivity index (χ0) is 18.2. The molecular formula is C17H14F2N2O3S. The predicted octanol–water partition coefficient (Wildman–Crippen LogP) is 3.43. The minimum absolute atomic E-state index is 0.168. The van der Waals surface area contributed by atoms with Crippen molar-refractivity contribution in [3.63, 3.8) is 0 Å². The molecule has 2 aromatic carbocycles. The highest BCUT2D eigenvalue weighted by Gasteiger charge is 2.26. The molecule has 1 heterocycles. The second kappa shape index (κ2) is 6.29. The van der Waals surface area contributed by atoms with Crippen molar-refractivity contribution in [1.82, 2.24) is 4.57 Å². The average Bonchev–Trinajstić information content (AvgIpc) is 2.97. The Bertz CT molecular complexity index is 1040. The normalized spacial score (nSPS) is 11.8. The van der Waals surface area contributed by atoms with Gasteiger partial charge in [0.15, 0.2) is 0 Å². The molecule has 5 nitrogen and oxygen atoms in total. The van der Waals surface area contributed by atoms with Crippen LogP contribution in [0.5, 0.6) is 0 Å². The molecule has 1 aromatic heterocycles. The van der Waals surface area contributed by atoms with E-state index in [4.69, 9.17) is 0 Å². The molecule has 0 aliphatic rings. The first-order chi connectivity index (χ1) is 11.8. The number of fused-ring (bicyclic) bond motifs is 1. The SMILES string of the molecule is Cn1ccc2c(NC(=O)c3ccc(S(=O)(=O)C(F)F)cc3)cccc21. The number of aromatic nitrogens is 1. The van der Waals surface area contributed by atoms with Crippen molar-refractivity contribution in [3.05, 3.63) is 60.3 Å². The van der Waals surface area contributed by atoms with Gasteiger partial charge >= 0.3 is 5.76 Å². The topological polar surface area (TPSA) is 68.2 Å². The van der Waals surface area contributed by atoms with Gasteiger partial charge in [-0.25, -0.2) is 8.42 Å². The lowest BCUT2D eigenvalue weighted by Gasteiger charge is -2.08. The lowest BCUT2D eigenvalue weighted by Crippen LogP contribution is -2.14. The molecule has 25 heavy (non-hydrogen) atoms. The number of carbonyl (C=O) groups is 1. The third kappa shape index (κ3) is 3.12. The van der Waals surface area contributed by atoms with Crippen molar-refractivity contribution in [2.45, 2.75) is 10.7 Å². The Labute approximate surface area is 142 Å². The molecule has 0 aliphatic heterocycles. The van der Waals surface area contributed by atoms with Crippen LogP contribution in [0.3, 0.4) is 0 Å². The van der Waals surface area contributed by atoms with Gasteiger partial charge in [0.2, 0.25) is 9.84 Å². The number of rotatable bonds is 4. The summed E-state index contributed by atoms with van der Waals surface area (Å²) in [4.78, 5) is 11.8. The van der Waals surface area contributed by atoms with Crippen LogP contribution >= 0.6 is 0 Å². The van der Waals surface area contributed by atoms with Gasteiger partial charge < -0.3 is 9.88 Å². The Morgan fingerprint density at radius 1 is 1.08 bits per heavy atom. The second-order valence-corrected chi connectivity index (χ2v) is 7.37. The summed E-state index contributed by atoms with van der Waals surface area (Å²) in [5, 5.41) is 3.60. The van der Waals surface area contributed by atoms with Crippen LogP contribution in [0, 0.1) is 0 Å². The fraction of sp³-hybridized carbons (Fsp3) is 0.118. The predicted molar refractivity (Wildman–Crippen MR) is 90.5 cm³/mol. The molecule has 0 radical (unpaired) electrons. The van der Waals surface area contributed by atoms with E-state index in [2.05, 4.69) is 5.32 Å². The van der Waals surface area contributed by atoms with Crippen LogP contribution in [0.4, 0.5) is 14.5 Å². The number of alkyl halides is 2. The summed E-state index contributed by atoms with van der Waals surface area (Å²) in [5.41, 5.74) is 1.71. The number of carbonyl (C=O) groups excluding carboxylic acids is 1. The summed E-state index contributed by atoms with van der Waals surface area (Å²) >= 11 is 0. The molecule has 1 N–H and O–H groups in total. The van der Waals surface area contributed by atoms with Crippen LogP contribution in [0.15, 0.2) is 59.6 Å². The molecule has 3 aromatic rings. The number of sulfone groups is 1. The number of aryl methyl sites for hydroxylation is 1. The fourth-order valence-electron chi connectivity index (χ4n) is 2.50. The molecule has 3 rings (SSSR count). The minimum Gasteiger partial charge on any atom is -0.350 e. The van der Waals surface area contributed by atoms with Gasteiger partial charge in [-0.2, -0.15) is 8.78 Å². The summed E-state index contributed by atoms with van der Waals surface area (Å²) in [6.07, 6.45) is 1.87. The van der Waals surface area contributed by atoms with Gasteiger partial charge in [-0.3, -0.25) is 4.79 Å². The second-order valence-electron chi connectivity index (χ2n) is 5.45. The maximum absolute atomic E-state index is 12.5. The number of halogens is 2. The molecular weight excluding hydrogens is 350 g/mol. The Hall–Kier alpha value is -2.74. The Balaban J connectivity index is 1.86. The van der Waals surface area contributed by atoms with E-state index in [-0.39, 0.29) is 5.56 Å². The third-order valence-corrected chi connectivity index (χ3v) is 5.25. The van der Waals surface area contributed by atoms with E-state index >= 15 is 0 Å². The molecule has 0 spiro atoms. The van der Waals surface area contributed by atoms with Gasteiger partial charge in [-0.1, -0.05) is 6.07 Å². The minimum atomic E-state index is -4.67. The van der Waals surface area contributed by atoms with Crippen molar-refractivity contribution >= 4 is 32.3 Å². The van der Waals surface area contributed by atoms with Gasteiger partial charge in [0.1, 0.15) is 0 Å². The standard InChI is InChI=1S/C17H14F2N2O3S/c1-21-10-9-13-14(3-2-4-15(13)21)20-16(22)11-5-7-12(8-6-11)25(23,24)17(18)19/h2-10,17H,1H3,(H,20,22). The molecule has 130 valence electrons. The first-order valence-corrected chi connectivity index (χ1v) is 8.83. The van der Waals surface area contributed by atoms with E-state index in [0.717, 1.165) is 23.0 Å². The largest absolute Gasteiger partial charge is 0.350 e. The number of nitrogens with zero attached hydrogens (tertiary/aromatic N) is 1. The van der Waals surface area contributed by atoms with Gasteiger partial charge in [0.25, 0.3) is 5.91 Å². The quantitative estimate of drug-likeness (QED) is 0.771. The van der Waals surface area contributed by atoms with Crippen LogP contribution < -0.4 is 5.32 Å². The van der Waals surface area contributed by atoms with E-state index in [1.165, 1.54) is 12.1 Å². The smallest absolute Gasteiger partial charge is 0.341 e. The van der Waals surface area contributed by atoms with Gasteiger partial charge in [0.05, 0.1) is 10.6 Å². The fourth-order valence-corrected chi connectivity index (χ4v) is 3.23. The lowest BCUT2D eigenvalue weighted by molar-refractivity contribution is 0.102. The van der Waals surface area contributed by atoms with Gasteiger partial charge in [0, 0.05) is 29.7 Å². The molecule has 8 heteroatoms. The Morgan fingerprint density at radius 3 is 2.40 bits per heavy atom. The molecule has 1 amide bonds. The summed E-state index contributed by atoms with van der Waals surface area (Å²) in [7, 11) is -2.79. The van der Waals surface area contributed by atoms with Crippen molar-refractivity contribution in [1.29, 1.82) is 0 Å². The van der Waals surface area contributed by atoms with Crippen LogP contribution in [-0.4, -0.2) is 24.6 Å².